The van der Waals surface area contributed by atoms with Gasteiger partial charge in [-0.25, -0.2) is 9.18 Å². The average molecular weight is 968 g/mol. The Hall–Kier alpha value is -5.75. The maximum absolute atomic E-state index is 15.0. The molecule has 1 aromatic heterocycles. The van der Waals surface area contributed by atoms with E-state index in [9.17, 15) is 29.0 Å². The predicted molar refractivity (Wildman–Crippen MR) is 257 cm³/mol. The number of aromatic hydroxyl groups is 2. The van der Waals surface area contributed by atoms with Gasteiger partial charge in [0.2, 0.25) is 0 Å². The summed E-state index contributed by atoms with van der Waals surface area (Å²) in [6.45, 7) is 22.7. The number of nitrogens with one attached hydrogen (secondary N) is 1. The lowest BCUT2D eigenvalue weighted by molar-refractivity contribution is -0.336. The second kappa shape index (κ2) is 19.1. The summed E-state index contributed by atoms with van der Waals surface area (Å²) < 4.78 is 52.5. The first-order valence-corrected chi connectivity index (χ1v) is 24.2. The number of Topliss-reactive ketones (excluding diaryl/α,β-unsaturated/α-hetero) is 1. The number of aromatic nitrogens is 1. The van der Waals surface area contributed by atoms with Gasteiger partial charge in [-0.1, -0.05) is 59.8 Å². The van der Waals surface area contributed by atoms with E-state index in [0.717, 1.165) is 18.8 Å². The van der Waals surface area contributed by atoms with Crippen molar-refractivity contribution >= 4 is 34.1 Å². The van der Waals surface area contributed by atoms with E-state index in [1.165, 1.54) is 26.5 Å². The van der Waals surface area contributed by atoms with Crippen LogP contribution in [0.1, 0.15) is 108 Å². The lowest BCUT2D eigenvalue weighted by Gasteiger charge is -2.50. The molecule has 0 unspecified atom stereocenters. The third kappa shape index (κ3) is 9.33. The van der Waals surface area contributed by atoms with Gasteiger partial charge in [0.15, 0.2) is 17.2 Å². The highest BCUT2D eigenvalue weighted by atomic mass is 19.1. The number of anilines is 1. The minimum atomic E-state index is -1.99. The van der Waals surface area contributed by atoms with Crippen LogP contribution < -0.4 is 20.8 Å². The molecule has 16 nitrogen and oxygen atoms in total. The first-order valence-electron chi connectivity index (χ1n) is 24.2. The number of carbonyl (C=O) groups is 3. The van der Waals surface area contributed by atoms with Crippen LogP contribution in [0.5, 0.6) is 17.2 Å². The molecule has 70 heavy (non-hydrogen) atoms. The minimum Gasteiger partial charge on any atom is -0.507 e. The van der Waals surface area contributed by atoms with E-state index in [2.05, 4.69) is 29.0 Å². The first kappa shape index (κ1) is 50.6. The number of likely N-dealkylation sites (tertiary alicyclic amines) is 1. The fraction of sp³-hybridized carbons (Fsp3) is 0.547. The monoisotopic (exact) mass is 967 g/mol. The summed E-state index contributed by atoms with van der Waals surface area (Å²) in [5.41, 5.74) is -0.615. The molecule has 1 spiro atoms. The van der Waals surface area contributed by atoms with Gasteiger partial charge in [-0.05, 0) is 45.8 Å². The van der Waals surface area contributed by atoms with E-state index in [0.29, 0.717) is 37.4 Å². The highest BCUT2D eigenvalue weighted by Gasteiger charge is 2.51. The van der Waals surface area contributed by atoms with Gasteiger partial charge in [-0.15, -0.1) is 0 Å². The number of ether oxygens (including phenoxy) is 6. The number of carbonyl (C=O) groups excluding carboxylic acids is 3. The maximum atomic E-state index is 15.0. The number of hydrogen-bond acceptors (Lipinski definition) is 15. The molecule has 3 N–H and O–H groups in total. The number of pyridine rings is 1. The van der Waals surface area contributed by atoms with Crippen molar-refractivity contribution in [2.45, 2.75) is 131 Å². The van der Waals surface area contributed by atoms with Crippen molar-refractivity contribution in [3.8, 4) is 17.2 Å². The highest BCUT2D eigenvalue weighted by molar-refractivity contribution is 6.19. The molecule has 2 fully saturated rings. The summed E-state index contributed by atoms with van der Waals surface area (Å²) >= 11 is 0. The van der Waals surface area contributed by atoms with Gasteiger partial charge in [0, 0.05) is 92.9 Å². The minimum absolute atomic E-state index is 0.0276. The topological polar surface area (TPSA) is 200 Å². The van der Waals surface area contributed by atoms with Gasteiger partial charge in [0.1, 0.15) is 34.5 Å². The van der Waals surface area contributed by atoms with Crippen LogP contribution in [0.3, 0.4) is 0 Å². The number of phenolic OH excluding ortho intramolecular Hbond substituents is 2. The summed E-state index contributed by atoms with van der Waals surface area (Å²) in [6, 6.07) is 1.06. The Balaban J connectivity index is 1.27. The molecule has 2 aromatic carbocycles. The van der Waals surface area contributed by atoms with Crippen LogP contribution in [0.25, 0.3) is 10.8 Å². The molecule has 376 valence electrons. The summed E-state index contributed by atoms with van der Waals surface area (Å²) in [5, 5.41) is 27.6. The van der Waals surface area contributed by atoms with E-state index in [1.807, 2.05) is 47.6 Å². The van der Waals surface area contributed by atoms with Crippen LogP contribution in [0.15, 0.2) is 64.6 Å². The summed E-state index contributed by atoms with van der Waals surface area (Å²) in [6.07, 6.45) is 8.85. The summed E-state index contributed by atoms with van der Waals surface area (Å²) in [5.74, 6) is -7.73. The predicted octanol–water partition coefficient (Wildman–Crippen LogP) is 7.38. The van der Waals surface area contributed by atoms with Crippen molar-refractivity contribution in [2.75, 3.05) is 32.1 Å². The van der Waals surface area contributed by atoms with Gasteiger partial charge in [0.25, 0.3) is 11.7 Å². The number of ketones is 1. The number of piperidine rings is 1. The van der Waals surface area contributed by atoms with Crippen LogP contribution in [0.4, 0.5) is 10.1 Å². The van der Waals surface area contributed by atoms with Crippen LogP contribution in [0, 0.1) is 42.3 Å². The molecule has 7 bridgehead atoms. The number of amides is 1. The number of halogens is 1. The number of benzene rings is 2. The number of phenols is 2. The average Bonchev–Trinajstić information content (AvgIpc) is 3.81. The standard InChI is InChI=1S/C53H66FN5O11/c1-26(2)25-59-19-17-53(18-20-59)57-39-36-37-42(60)30(6)47-38(36)48(62)52(11,70-47)66-21-16-35(65-12)29(5)45(67-50(64)33-22-34(54)24-55-23-33)32(8)46-31(7)44(68-51(9,10)69-46)27(3)14-13-15-28(4)49(63)56-41(43(37)61)40(39)58-53/h13-16,21-24,26-27,29,31-32,35,44-46,60-61H,17-20,25H2,1-12H3,(H,56,63)/b14-13+,21-16+,28-15-/t27-,29+,31+,32-,35-,44-,45+,46+,52-/m0/s1. The Morgan fingerprint density at radius 3 is 2.30 bits per heavy atom. The summed E-state index contributed by atoms with van der Waals surface area (Å²) in [4.78, 5) is 59.6. The van der Waals surface area contributed by atoms with Gasteiger partial charge >= 0.3 is 11.8 Å². The molecule has 6 aliphatic rings. The molecule has 3 aromatic rings. The highest BCUT2D eigenvalue weighted by Crippen LogP contribution is 2.50. The van der Waals surface area contributed by atoms with Crippen LogP contribution in [-0.4, -0.2) is 106 Å². The number of fused-ring (bicyclic) bond motifs is 9. The number of allylic oxidation sites excluding steroid dienone is 2. The summed E-state index contributed by atoms with van der Waals surface area (Å²) in [7, 11) is 1.49. The van der Waals surface area contributed by atoms with E-state index in [-0.39, 0.29) is 67.2 Å². The largest absolute Gasteiger partial charge is 0.507 e. The van der Waals surface area contributed by atoms with E-state index in [4.69, 9.17) is 38.4 Å². The molecule has 17 heteroatoms. The van der Waals surface area contributed by atoms with Crippen molar-refractivity contribution < 1.29 is 57.4 Å². The molecule has 1 amide bonds. The van der Waals surface area contributed by atoms with E-state index in [1.54, 1.807) is 32.1 Å². The number of nitrogens with zero attached hydrogens (tertiary/aromatic N) is 4. The van der Waals surface area contributed by atoms with Crippen molar-refractivity contribution in [1.29, 1.82) is 0 Å². The molecular formula is C53H66FN5O11. The van der Waals surface area contributed by atoms with Crippen LogP contribution in [0.2, 0.25) is 0 Å². The molecule has 9 atom stereocenters. The Kier molecular flexibility index (Phi) is 13.8. The fourth-order valence-electron chi connectivity index (χ4n) is 10.8. The Bertz CT molecular complexity index is 2820. The molecule has 9 rings (SSSR count). The second-order valence-electron chi connectivity index (χ2n) is 20.7. The number of esters is 1. The Labute approximate surface area is 407 Å². The number of hydrogen-bond donors (Lipinski definition) is 3. The van der Waals surface area contributed by atoms with Crippen LogP contribution >= 0.6 is 0 Å². The number of rotatable bonds is 5. The zero-order valence-corrected chi connectivity index (χ0v) is 42.1. The van der Waals surface area contributed by atoms with Crippen LogP contribution in [-0.2, 0) is 28.5 Å². The zero-order chi connectivity index (χ0) is 50.8. The molecular weight excluding hydrogens is 902 g/mol. The van der Waals surface area contributed by atoms with E-state index >= 15 is 0 Å². The van der Waals surface area contributed by atoms with Crippen molar-refractivity contribution in [3.63, 3.8) is 0 Å². The van der Waals surface area contributed by atoms with Gasteiger partial charge in [0.05, 0.1) is 52.6 Å². The zero-order valence-electron chi connectivity index (χ0n) is 42.1. The molecule has 0 saturated carbocycles. The molecule has 6 aliphatic heterocycles. The quantitative estimate of drug-likeness (QED) is 0.169. The van der Waals surface area contributed by atoms with Gasteiger partial charge in [-0.2, -0.15) is 0 Å². The van der Waals surface area contributed by atoms with E-state index < -0.39 is 82.7 Å². The van der Waals surface area contributed by atoms with Gasteiger partial charge < -0.3 is 48.9 Å². The SMILES string of the molecule is CO[C@H]1/C=C/O[C@@]2(C)Oc3c(C)c(O)c4c(O)c(c5c(c4c3C2=O)=NC2(CCN(CC(C)C)CC2)N=5)NC(=O)/C(C)=C\C=C\[C@H](C)[C@@H]2OC(C)(C)O[C@@H]([C@@H](C)[C@H](OC(=O)c3cncc(F)c3)[C@@H]1C)[C@@H]2C. The lowest BCUT2D eigenvalue weighted by atomic mass is 9.77. The lowest BCUT2D eigenvalue weighted by Crippen LogP contribution is -2.56. The normalized spacial score (nSPS) is 31.5. The third-order valence-corrected chi connectivity index (χ3v) is 14.5. The van der Waals surface area contributed by atoms with Crippen molar-refractivity contribution in [1.82, 2.24) is 9.88 Å². The maximum Gasteiger partial charge on any atom is 0.340 e. The first-order chi connectivity index (χ1) is 33.0. The van der Waals surface area contributed by atoms with Gasteiger partial charge in [-0.3, -0.25) is 24.6 Å². The molecule has 7 heterocycles. The molecule has 2 saturated heterocycles. The Morgan fingerprint density at radius 1 is 0.943 bits per heavy atom. The van der Waals surface area contributed by atoms with Crippen molar-refractivity contribution in [2.24, 2.45) is 39.6 Å². The smallest absolute Gasteiger partial charge is 0.340 e. The molecule has 0 aliphatic carbocycles. The Morgan fingerprint density at radius 2 is 1.63 bits per heavy atom. The number of methoxy groups -OCH3 is 1. The van der Waals surface area contributed by atoms with Crippen molar-refractivity contribution in [3.05, 3.63) is 87.8 Å². The second-order valence-corrected chi connectivity index (χ2v) is 20.7. The molecule has 0 radical (unpaired) electrons. The fourth-order valence-corrected chi connectivity index (χ4v) is 10.8. The third-order valence-electron chi connectivity index (χ3n) is 14.5.